The number of fused-ring (bicyclic) bond motifs is 6. The second kappa shape index (κ2) is 4.49. The molecule has 0 spiro atoms. The molecular formula is C16H28N2. The first-order valence-electron chi connectivity index (χ1n) is 8.27. The van der Waals surface area contributed by atoms with Gasteiger partial charge in [-0.25, -0.2) is 0 Å². The molecule has 5 atom stereocenters. The molecule has 0 radical (unpaired) electrons. The summed E-state index contributed by atoms with van der Waals surface area (Å²) in [6, 6.07) is 1.90. The van der Waals surface area contributed by atoms with Gasteiger partial charge in [0.2, 0.25) is 0 Å². The summed E-state index contributed by atoms with van der Waals surface area (Å²) in [5.74, 6) is 3.08. The average Bonchev–Trinajstić information content (AvgIpc) is 2.39. The zero-order chi connectivity index (χ0) is 12.1. The van der Waals surface area contributed by atoms with E-state index in [2.05, 4.69) is 16.8 Å². The molecule has 1 aliphatic carbocycles. The third kappa shape index (κ3) is 1.76. The Morgan fingerprint density at radius 2 is 1.72 bits per heavy atom. The minimum atomic E-state index is 0.929. The molecule has 0 aromatic carbocycles. The van der Waals surface area contributed by atoms with E-state index in [9.17, 15) is 0 Å². The summed E-state index contributed by atoms with van der Waals surface area (Å²) in [7, 11) is 2.39. The van der Waals surface area contributed by atoms with Crippen molar-refractivity contribution >= 4 is 0 Å². The van der Waals surface area contributed by atoms with Gasteiger partial charge in [0, 0.05) is 18.6 Å². The lowest BCUT2D eigenvalue weighted by atomic mass is 9.62. The van der Waals surface area contributed by atoms with Gasteiger partial charge in [-0.3, -0.25) is 4.90 Å². The van der Waals surface area contributed by atoms with Crippen LogP contribution in [0.25, 0.3) is 0 Å². The Hall–Kier alpha value is -0.0800. The standard InChI is InChI=1S/C16H28N2/c1-17-7-4-5-12-9-13-10-14(16(12)17)11-18-8-3-2-6-15(13)18/h12-16H,2-11H2,1H3/t12-,13-,14+,15+,16+/m0/s1. The Kier molecular flexibility index (Phi) is 2.92. The van der Waals surface area contributed by atoms with E-state index in [0.29, 0.717) is 0 Å². The second-order valence-electron chi connectivity index (χ2n) is 7.42. The molecule has 0 amide bonds. The first-order valence-corrected chi connectivity index (χ1v) is 8.27. The molecular weight excluding hydrogens is 220 g/mol. The van der Waals surface area contributed by atoms with E-state index >= 15 is 0 Å². The SMILES string of the molecule is CN1CCC[C@H]2C[C@H]3C[C@H](CN4CCCC[C@H]34)[C@@H]21. The van der Waals surface area contributed by atoms with Crippen LogP contribution in [0.15, 0.2) is 0 Å². The van der Waals surface area contributed by atoms with Gasteiger partial charge in [-0.05, 0) is 76.4 Å². The van der Waals surface area contributed by atoms with E-state index in [0.717, 1.165) is 29.8 Å². The summed E-state index contributed by atoms with van der Waals surface area (Å²) in [4.78, 5) is 5.58. The Morgan fingerprint density at radius 1 is 0.833 bits per heavy atom. The van der Waals surface area contributed by atoms with Crippen LogP contribution in [0.3, 0.4) is 0 Å². The van der Waals surface area contributed by atoms with Crippen LogP contribution in [0.5, 0.6) is 0 Å². The molecule has 2 heteroatoms. The quantitative estimate of drug-likeness (QED) is 0.650. The van der Waals surface area contributed by atoms with Crippen molar-refractivity contribution < 1.29 is 0 Å². The molecule has 18 heavy (non-hydrogen) atoms. The van der Waals surface area contributed by atoms with Crippen molar-refractivity contribution in [2.24, 2.45) is 17.8 Å². The zero-order valence-corrected chi connectivity index (χ0v) is 11.9. The van der Waals surface area contributed by atoms with Crippen molar-refractivity contribution in [2.75, 3.05) is 26.7 Å². The summed E-state index contributed by atoms with van der Waals surface area (Å²) in [6.45, 7) is 4.18. The van der Waals surface area contributed by atoms with Crippen molar-refractivity contribution in [2.45, 2.75) is 57.0 Å². The fourth-order valence-electron chi connectivity index (χ4n) is 5.87. The molecule has 4 rings (SSSR count). The monoisotopic (exact) mass is 248 g/mol. The molecule has 3 heterocycles. The van der Waals surface area contributed by atoms with E-state index < -0.39 is 0 Å². The lowest BCUT2D eigenvalue weighted by Crippen LogP contribution is -2.61. The van der Waals surface area contributed by atoms with Crippen molar-refractivity contribution in [3.05, 3.63) is 0 Å². The largest absolute Gasteiger partial charge is 0.303 e. The van der Waals surface area contributed by atoms with Crippen LogP contribution in [-0.2, 0) is 0 Å². The van der Waals surface area contributed by atoms with Gasteiger partial charge in [-0.1, -0.05) is 6.42 Å². The van der Waals surface area contributed by atoms with Crippen molar-refractivity contribution in [1.29, 1.82) is 0 Å². The number of nitrogens with zero attached hydrogens (tertiary/aromatic N) is 2. The maximum Gasteiger partial charge on any atom is 0.0161 e. The van der Waals surface area contributed by atoms with E-state index in [1.165, 1.54) is 51.7 Å². The van der Waals surface area contributed by atoms with E-state index in [1.54, 1.807) is 12.8 Å². The minimum absolute atomic E-state index is 0.929. The summed E-state index contributed by atoms with van der Waals surface area (Å²) in [6.07, 6.45) is 10.5. The number of piperidine rings is 3. The van der Waals surface area contributed by atoms with E-state index in [4.69, 9.17) is 0 Å². The third-order valence-corrected chi connectivity index (χ3v) is 6.45. The fraction of sp³-hybridized carbons (Fsp3) is 1.00. The van der Waals surface area contributed by atoms with Gasteiger partial charge in [-0.15, -0.1) is 0 Å². The van der Waals surface area contributed by atoms with Crippen LogP contribution >= 0.6 is 0 Å². The fourth-order valence-corrected chi connectivity index (χ4v) is 5.87. The Morgan fingerprint density at radius 3 is 2.67 bits per heavy atom. The predicted octanol–water partition coefficient (Wildman–Crippen LogP) is 2.59. The molecule has 2 nitrogen and oxygen atoms in total. The summed E-state index contributed by atoms with van der Waals surface area (Å²) in [5.41, 5.74) is 0. The Balaban J connectivity index is 1.58. The van der Waals surface area contributed by atoms with Crippen LogP contribution in [0.4, 0.5) is 0 Å². The molecule has 0 N–H and O–H groups in total. The van der Waals surface area contributed by atoms with Crippen LogP contribution < -0.4 is 0 Å². The maximum atomic E-state index is 2.88. The van der Waals surface area contributed by atoms with Crippen LogP contribution in [0.1, 0.15) is 44.9 Å². The molecule has 1 saturated carbocycles. The minimum Gasteiger partial charge on any atom is -0.303 e. The van der Waals surface area contributed by atoms with Gasteiger partial charge >= 0.3 is 0 Å². The molecule has 2 bridgehead atoms. The van der Waals surface area contributed by atoms with Crippen LogP contribution in [0, 0.1) is 17.8 Å². The van der Waals surface area contributed by atoms with Crippen molar-refractivity contribution in [3.63, 3.8) is 0 Å². The highest BCUT2D eigenvalue weighted by Gasteiger charge is 2.48. The summed E-state index contributed by atoms with van der Waals surface area (Å²) < 4.78 is 0. The van der Waals surface area contributed by atoms with Gasteiger partial charge < -0.3 is 4.90 Å². The molecule has 0 unspecified atom stereocenters. The number of hydrogen-bond donors (Lipinski definition) is 0. The molecule has 3 aliphatic heterocycles. The highest BCUT2D eigenvalue weighted by Crippen LogP contribution is 2.47. The molecule has 102 valence electrons. The van der Waals surface area contributed by atoms with Crippen LogP contribution in [-0.4, -0.2) is 48.6 Å². The third-order valence-electron chi connectivity index (χ3n) is 6.45. The highest BCUT2D eigenvalue weighted by atomic mass is 15.2. The number of likely N-dealkylation sites (tertiary alicyclic amines) is 1. The zero-order valence-electron chi connectivity index (χ0n) is 11.9. The van der Waals surface area contributed by atoms with Gasteiger partial charge in [0.25, 0.3) is 0 Å². The molecule has 3 saturated heterocycles. The summed E-state index contributed by atoms with van der Waals surface area (Å²) in [5, 5.41) is 0. The van der Waals surface area contributed by atoms with Gasteiger partial charge in [-0.2, -0.15) is 0 Å². The Labute approximate surface area is 112 Å². The smallest absolute Gasteiger partial charge is 0.0161 e. The van der Waals surface area contributed by atoms with Gasteiger partial charge in [0.1, 0.15) is 0 Å². The lowest BCUT2D eigenvalue weighted by molar-refractivity contribution is -0.0741. The normalized spacial score (nSPS) is 49.5. The van der Waals surface area contributed by atoms with Gasteiger partial charge in [0.15, 0.2) is 0 Å². The topological polar surface area (TPSA) is 6.48 Å². The average molecular weight is 248 g/mol. The first kappa shape index (κ1) is 11.7. The Bertz CT molecular complexity index is 316. The summed E-state index contributed by atoms with van der Waals surface area (Å²) >= 11 is 0. The molecule has 4 aliphatic rings. The second-order valence-corrected chi connectivity index (χ2v) is 7.42. The highest BCUT2D eigenvalue weighted by molar-refractivity contribution is 5.02. The van der Waals surface area contributed by atoms with Crippen molar-refractivity contribution in [3.8, 4) is 0 Å². The van der Waals surface area contributed by atoms with Crippen LogP contribution in [0.2, 0.25) is 0 Å². The molecule has 4 fully saturated rings. The van der Waals surface area contributed by atoms with E-state index in [-0.39, 0.29) is 0 Å². The maximum absolute atomic E-state index is 2.88. The first-order chi connectivity index (χ1) is 8.83. The van der Waals surface area contributed by atoms with E-state index in [1.807, 2.05) is 0 Å². The lowest BCUT2D eigenvalue weighted by Gasteiger charge is -2.57. The predicted molar refractivity (Wildman–Crippen MR) is 74.6 cm³/mol. The van der Waals surface area contributed by atoms with Gasteiger partial charge in [0.05, 0.1) is 0 Å². The number of hydrogen-bond acceptors (Lipinski definition) is 2. The molecule has 0 aromatic rings. The molecule has 0 aromatic heterocycles. The number of rotatable bonds is 0. The van der Waals surface area contributed by atoms with Crippen molar-refractivity contribution in [1.82, 2.24) is 9.80 Å².